The van der Waals surface area contributed by atoms with Crippen LogP contribution >= 0.6 is 0 Å². The van der Waals surface area contributed by atoms with Gasteiger partial charge >= 0.3 is 5.97 Å². The molecule has 0 aromatic heterocycles. The van der Waals surface area contributed by atoms with Crippen molar-refractivity contribution in [2.24, 2.45) is 0 Å². The van der Waals surface area contributed by atoms with E-state index >= 15 is 0 Å². The minimum absolute atomic E-state index is 0.127. The number of methoxy groups -OCH3 is 1. The summed E-state index contributed by atoms with van der Waals surface area (Å²) in [5.74, 6) is -0.700. The van der Waals surface area contributed by atoms with E-state index in [-0.39, 0.29) is 18.3 Å². The van der Waals surface area contributed by atoms with Crippen LogP contribution in [0.3, 0.4) is 0 Å². The molecule has 2 rings (SSSR count). The Morgan fingerprint density at radius 2 is 1.62 bits per heavy atom. The maximum atomic E-state index is 11.7. The molecule has 0 aliphatic carbocycles. The van der Waals surface area contributed by atoms with Crippen LogP contribution < -0.4 is 0 Å². The van der Waals surface area contributed by atoms with Crippen LogP contribution in [-0.4, -0.2) is 18.2 Å². The Hall–Kier alpha value is -2.13. The molecule has 3 nitrogen and oxygen atoms in total. The van der Waals surface area contributed by atoms with Crippen LogP contribution in [0.4, 0.5) is 0 Å². The van der Waals surface area contributed by atoms with E-state index in [4.69, 9.17) is 4.74 Å². The number of carbonyl (C=O) groups excluding carboxylic acids is 1. The summed E-state index contributed by atoms with van der Waals surface area (Å²) in [6.07, 6.45) is 0.127. The number of esters is 1. The molecule has 0 heterocycles. The quantitative estimate of drug-likeness (QED) is 0.857. The zero-order valence-corrected chi connectivity index (χ0v) is 12.3. The predicted molar refractivity (Wildman–Crippen MR) is 81.8 cm³/mol. The number of aliphatic hydroxyl groups is 1. The first-order chi connectivity index (χ1) is 10.1. The second kappa shape index (κ2) is 6.55. The van der Waals surface area contributed by atoms with Crippen LogP contribution in [0.5, 0.6) is 0 Å². The summed E-state index contributed by atoms with van der Waals surface area (Å²) >= 11 is 0. The van der Waals surface area contributed by atoms with Crippen LogP contribution in [0.2, 0.25) is 0 Å². The normalized spacial score (nSPS) is 15.0. The van der Waals surface area contributed by atoms with Gasteiger partial charge in [-0.15, -0.1) is 0 Å². The van der Waals surface area contributed by atoms with Crippen molar-refractivity contribution in [3.63, 3.8) is 0 Å². The van der Waals surface area contributed by atoms with Gasteiger partial charge in [0, 0.05) is 5.92 Å². The third-order valence-corrected chi connectivity index (χ3v) is 3.84. The lowest BCUT2D eigenvalue weighted by Crippen LogP contribution is -2.32. The molecule has 0 amide bonds. The van der Waals surface area contributed by atoms with Gasteiger partial charge in [0.25, 0.3) is 0 Å². The molecular formula is C18H20O3. The predicted octanol–water partition coefficient (Wildman–Crippen LogP) is 3.24. The Bertz CT molecular complexity index is 576. The first-order valence-corrected chi connectivity index (χ1v) is 6.95. The molecule has 0 spiro atoms. The van der Waals surface area contributed by atoms with Crippen LogP contribution in [0, 0.1) is 0 Å². The number of ether oxygens (including phenoxy) is 1. The van der Waals surface area contributed by atoms with Crippen molar-refractivity contribution < 1.29 is 14.6 Å². The van der Waals surface area contributed by atoms with Crippen LogP contribution in [0.15, 0.2) is 60.7 Å². The van der Waals surface area contributed by atoms with E-state index < -0.39 is 5.60 Å². The maximum Gasteiger partial charge on any atom is 0.306 e. The molecule has 0 bridgehead atoms. The monoisotopic (exact) mass is 284 g/mol. The van der Waals surface area contributed by atoms with E-state index in [9.17, 15) is 9.90 Å². The van der Waals surface area contributed by atoms with E-state index in [1.54, 1.807) is 6.92 Å². The topological polar surface area (TPSA) is 46.5 Å². The fourth-order valence-corrected chi connectivity index (χ4v) is 2.55. The Kier molecular flexibility index (Phi) is 4.76. The van der Waals surface area contributed by atoms with Gasteiger partial charge in [0.1, 0.15) is 0 Å². The van der Waals surface area contributed by atoms with E-state index in [0.29, 0.717) is 0 Å². The highest BCUT2D eigenvalue weighted by Gasteiger charge is 2.36. The molecule has 110 valence electrons. The molecule has 0 radical (unpaired) electrons. The zero-order valence-electron chi connectivity index (χ0n) is 12.3. The molecule has 0 saturated carbocycles. The molecule has 1 N–H and O–H groups in total. The molecule has 2 unspecified atom stereocenters. The van der Waals surface area contributed by atoms with Gasteiger partial charge in [-0.05, 0) is 18.1 Å². The molecule has 2 aromatic rings. The number of benzene rings is 2. The van der Waals surface area contributed by atoms with Gasteiger partial charge in [-0.25, -0.2) is 0 Å². The van der Waals surface area contributed by atoms with E-state index in [2.05, 4.69) is 0 Å². The van der Waals surface area contributed by atoms with Crippen molar-refractivity contribution >= 4 is 5.97 Å². The molecule has 2 atom stereocenters. The van der Waals surface area contributed by atoms with Crippen molar-refractivity contribution in [1.29, 1.82) is 0 Å². The van der Waals surface area contributed by atoms with Crippen molar-refractivity contribution in [1.82, 2.24) is 0 Å². The first-order valence-electron chi connectivity index (χ1n) is 6.95. The largest absolute Gasteiger partial charge is 0.469 e. The average Bonchev–Trinajstić information content (AvgIpc) is 2.53. The second-order valence-corrected chi connectivity index (χ2v) is 5.26. The molecule has 0 aliphatic rings. The van der Waals surface area contributed by atoms with Crippen LogP contribution in [0.1, 0.15) is 30.4 Å². The molecule has 0 saturated heterocycles. The van der Waals surface area contributed by atoms with Gasteiger partial charge < -0.3 is 9.84 Å². The smallest absolute Gasteiger partial charge is 0.306 e. The Labute approximate surface area is 125 Å². The van der Waals surface area contributed by atoms with Crippen molar-refractivity contribution in [2.75, 3.05) is 7.11 Å². The third kappa shape index (κ3) is 3.50. The summed E-state index contributed by atoms with van der Waals surface area (Å²) in [6, 6.07) is 19.0. The lowest BCUT2D eigenvalue weighted by molar-refractivity contribution is -0.142. The number of rotatable bonds is 5. The van der Waals surface area contributed by atoms with Gasteiger partial charge in [-0.1, -0.05) is 60.7 Å². The lowest BCUT2D eigenvalue weighted by Gasteiger charge is -2.33. The highest BCUT2D eigenvalue weighted by Crippen LogP contribution is 2.39. The maximum absolute atomic E-state index is 11.7. The fraction of sp³-hybridized carbons (Fsp3) is 0.278. The summed E-state index contributed by atoms with van der Waals surface area (Å²) in [5.41, 5.74) is 0.538. The molecule has 0 fully saturated rings. The zero-order chi connectivity index (χ0) is 15.3. The lowest BCUT2D eigenvalue weighted by atomic mass is 9.77. The molecule has 3 heteroatoms. The minimum Gasteiger partial charge on any atom is -0.469 e. The van der Waals surface area contributed by atoms with Gasteiger partial charge in [0.15, 0.2) is 0 Å². The van der Waals surface area contributed by atoms with Crippen LogP contribution in [-0.2, 0) is 15.1 Å². The van der Waals surface area contributed by atoms with Gasteiger partial charge in [-0.3, -0.25) is 4.79 Å². The molecule has 0 aliphatic heterocycles. The highest BCUT2D eigenvalue weighted by atomic mass is 16.5. The summed E-state index contributed by atoms with van der Waals surface area (Å²) in [4.78, 5) is 11.7. The minimum atomic E-state index is -1.16. The molecule has 2 aromatic carbocycles. The SMILES string of the molecule is COC(=O)CC(c1ccccc1)C(C)(O)c1ccccc1. The van der Waals surface area contributed by atoms with Gasteiger partial charge in [0.05, 0.1) is 19.1 Å². The van der Waals surface area contributed by atoms with E-state index in [0.717, 1.165) is 11.1 Å². The van der Waals surface area contributed by atoms with Crippen molar-refractivity contribution in [3.8, 4) is 0 Å². The average molecular weight is 284 g/mol. The summed E-state index contributed by atoms with van der Waals surface area (Å²) in [6.45, 7) is 1.74. The van der Waals surface area contributed by atoms with Crippen LogP contribution in [0.25, 0.3) is 0 Å². The van der Waals surface area contributed by atoms with Crippen molar-refractivity contribution in [3.05, 3.63) is 71.8 Å². The van der Waals surface area contributed by atoms with Crippen molar-refractivity contribution in [2.45, 2.75) is 24.9 Å². The van der Waals surface area contributed by atoms with E-state index in [1.165, 1.54) is 7.11 Å². The first kappa shape index (κ1) is 15.3. The Balaban J connectivity index is 2.41. The standard InChI is InChI=1S/C18H20O3/c1-18(20,15-11-7-4-8-12-15)16(13-17(19)21-2)14-9-5-3-6-10-14/h3-12,16,20H,13H2,1-2H3. The number of hydrogen-bond acceptors (Lipinski definition) is 3. The number of carbonyl (C=O) groups is 1. The fourth-order valence-electron chi connectivity index (χ4n) is 2.55. The van der Waals surface area contributed by atoms with Gasteiger partial charge in [-0.2, -0.15) is 0 Å². The summed E-state index contributed by atoms with van der Waals surface area (Å²) in [7, 11) is 1.36. The second-order valence-electron chi connectivity index (χ2n) is 5.26. The Morgan fingerprint density at radius 3 is 2.14 bits per heavy atom. The molecule has 21 heavy (non-hydrogen) atoms. The van der Waals surface area contributed by atoms with E-state index in [1.807, 2.05) is 60.7 Å². The summed E-state index contributed by atoms with van der Waals surface area (Å²) < 4.78 is 4.78. The third-order valence-electron chi connectivity index (χ3n) is 3.84. The summed E-state index contributed by atoms with van der Waals surface area (Å²) in [5, 5.41) is 11.0. The highest BCUT2D eigenvalue weighted by molar-refractivity contribution is 5.70. The Morgan fingerprint density at radius 1 is 1.10 bits per heavy atom. The van der Waals surface area contributed by atoms with Gasteiger partial charge in [0.2, 0.25) is 0 Å². The number of hydrogen-bond donors (Lipinski definition) is 1. The molecular weight excluding hydrogens is 264 g/mol.